The van der Waals surface area contributed by atoms with Crippen molar-refractivity contribution in [1.82, 2.24) is 10.6 Å². The Labute approximate surface area is 289 Å². The summed E-state index contributed by atoms with van der Waals surface area (Å²) in [4.78, 5) is 22.6. The Kier molecular flexibility index (Phi) is 22.1. The van der Waals surface area contributed by atoms with Gasteiger partial charge in [0.25, 0.3) is 0 Å². The van der Waals surface area contributed by atoms with E-state index in [1.54, 1.807) is 0 Å². The maximum absolute atomic E-state index is 12.2. The highest BCUT2D eigenvalue weighted by Gasteiger charge is 2.45. The lowest BCUT2D eigenvalue weighted by atomic mass is 9.82. The maximum Gasteiger partial charge on any atom is 0.508 e. The first-order valence-electron chi connectivity index (χ1n) is 17.1. The molecule has 1 aromatic rings. The third kappa shape index (κ3) is 18.3. The van der Waals surface area contributed by atoms with Crippen LogP contribution in [0.5, 0.6) is 0 Å². The molecule has 3 N–H and O–H groups in total. The summed E-state index contributed by atoms with van der Waals surface area (Å²) in [5.41, 5.74) is 0.837. The van der Waals surface area contributed by atoms with Crippen LogP contribution in [0.4, 0.5) is 4.79 Å². The predicted octanol–water partition coefficient (Wildman–Crippen LogP) is 7.43. The van der Waals surface area contributed by atoms with Crippen molar-refractivity contribution < 1.29 is 32.9 Å². The first kappa shape index (κ1) is 40.9. The number of rotatable bonds is 25. The molecule has 46 heavy (non-hydrogen) atoms. The zero-order valence-electron chi connectivity index (χ0n) is 27.9. The first-order valence-corrected chi connectivity index (χ1v) is 20.1. The highest BCUT2D eigenvalue weighted by Crippen LogP contribution is 2.48. The Balaban J connectivity index is 1.60. The summed E-state index contributed by atoms with van der Waals surface area (Å²) in [6.07, 6.45) is 16.3. The molecule has 0 bridgehead atoms. The van der Waals surface area contributed by atoms with Crippen LogP contribution in [0.2, 0.25) is 0 Å². The summed E-state index contributed by atoms with van der Waals surface area (Å²) in [6.45, 7) is 0.125. The Morgan fingerprint density at radius 3 is 2.07 bits per heavy atom. The highest BCUT2D eigenvalue weighted by molar-refractivity contribution is 8.07. The van der Waals surface area contributed by atoms with Gasteiger partial charge in [0.1, 0.15) is 33.3 Å². The maximum atomic E-state index is 12.2. The van der Waals surface area contributed by atoms with Crippen LogP contribution in [0.15, 0.2) is 30.3 Å². The number of ether oxygens (including phenoxy) is 3. The SMILES string of the molecule is [B][C@@H]1O[C@H](COC(=O)OCc2ccccc2)[C@H](OP(O)(=S)OC)C1CCCNC(=S)NCCCCCCCCCCCCCCC. The number of carbonyl (C=O) groups excluding carboxylic acids is 1. The van der Waals surface area contributed by atoms with E-state index in [1.807, 2.05) is 30.3 Å². The monoisotopic (exact) mass is 698 g/mol. The minimum atomic E-state index is -3.53. The second kappa shape index (κ2) is 24.8. The third-order valence-corrected chi connectivity index (χ3v) is 10.1. The van der Waals surface area contributed by atoms with E-state index in [0.29, 0.717) is 18.1 Å². The summed E-state index contributed by atoms with van der Waals surface area (Å²) in [5, 5.41) is 7.16. The molecule has 13 heteroatoms. The van der Waals surface area contributed by atoms with Crippen molar-refractivity contribution in [3.63, 3.8) is 0 Å². The second-order valence-corrected chi connectivity index (χ2v) is 15.2. The Morgan fingerprint density at radius 1 is 0.913 bits per heavy atom. The average Bonchev–Trinajstić information content (AvgIpc) is 3.34. The summed E-state index contributed by atoms with van der Waals surface area (Å²) < 4.78 is 27.1. The molecule has 1 aromatic carbocycles. The molecule has 2 unspecified atom stereocenters. The van der Waals surface area contributed by atoms with Gasteiger partial charge in [-0.2, -0.15) is 0 Å². The van der Waals surface area contributed by atoms with E-state index in [9.17, 15) is 9.69 Å². The van der Waals surface area contributed by atoms with Crippen LogP contribution in [0.3, 0.4) is 0 Å². The van der Waals surface area contributed by atoms with Crippen molar-refractivity contribution >= 4 is 49.9 Å². The fourth-order valence-electron chi connectivity index (χ4n) is 5.50. The lowest BCUT2D eigenvalue weighted by Crippen LogP contribution is -2.37. The largest absolute Gasteiger partial charge is 0.508 e. The van der Waals surface area contributed by atoms with E-state index in [0.717, 1.165) is 24.9 Å². The molecule has 260 valence electrons. The van der Waals surface area contributed by atoms with Crippen molar-refractivity contribution in [3.05, 3.63) is 35.9 Å². The molecule has 0 aliphatic carbocycles. The summed E-state index contributed by atoms with van der Waals surface area (Å²) in [6, 6.07) is 8.58. The van der Waals surface area contributed by atoms with Crippen LogP contribution >= 0.6 is 18.9 Å². The molecule has 9 nitrogen and oxygen atoms in total. The van der Waals surface area contributed by atoms with Gasteiger partial charge in [-0.05, 0) is 48.9 Å². The zero-order chi connectivity index (χ0) is 33.5. The number of nitrogens with one attached hydrogen (secondary N) is 2. The highest BCUT2D eigenvalue weighted by atomic mass is 32.5. The molecular formula is C33H56BN2O7PS2. The average molecular weight is 699 g/mol. The summed E-state index contributed by atoms with van der Waals surface area (Å²) in [5.74, 6) is -0.312. The number of unbranched alkanes of at least 4 members (excludes halogenated alkanes) is 12. The molecule has 1 aliphatic rings. The lowest BCUT2D eigenvalue weighted by Gasteiger charge is -2.27. The van der Waals surface area contributed by atoms with Gasteiger partial charge in [0, 0.05) is 32.1 Å². The van der Waals surface area contributed by atoms with Crippen molar-refractivity contribution in [2.75, 3.05) is 26.8 Å². The third-order valence-electron chi connectivity index (χ3n) is 8.16. The quantitative estimate of drug-likeness (QED) is 0.0312. The molecule has 1 fully saturated rings. The second-order valence-electron chi connectivity index (χ2n) is 11.9. The van der Waals surface area contributed by atoms with Crippen LogP contribution in [0, 0.1) is 5.92 Å². The van der Waals surface area contributed by atoms with Gasteiger partial charge < -0.3 is 38.8 Å². The molecule has 1 aliphatic heterocycles. The van der Waals surface area contributed by atoms with Gasteiger partial charge in [-0.3, -0.25) is 0 Å². The van der Waals surface area contributed by atoms with Crippen LogP contribution < -0.4 is 10.6 Å². The topological polar surface area (TPSA) is 108 Å². The molecule has 5 atom stereocenters. The Hall–Kier alpha value is -1.27. The van der Waals surface area contributed by atoms with Gasteiger partial charge in [-0.25, -0.2) is 4.79 Å². The van der Waals surface area contributed by atoms with Gasteiger partial charge in [-0.1, -0.05) is 114 Å². The molecule has 2 rings (SSSR count). The normalized spacial score (nSPS) is 20.6. The van der Waals surface area contributed by atoms with E-state index in [2.05, 4.69) is 17.6 Å². The Bertz CT molecular complexity index is 1010. The number of hydrogen-bond donors (Lipinski definition) is 3. The number of benzene rings is 1. The van der Waals surface area contributed by atoms with E-state index in [1.165, 1.54) is 84.2 Å². The molecule has 0 saturated carbocycles. The summed E-state index contributed by atoms with van der Waals surface area (Å²) in [7, 11) is 7.58. The van der Waals surface area contributed by atoms with Gasteiger partial charge in [0.05, 0.1) is 0 Å². The smallest absolute Gasteiger partial charge is 0.431 e. The van der Waals surface area contributed by atoms with Gasteiger partial charge in [-0.15, -0.1) is 0 Å². The number of thiocarbonyl (C=S) groups is 1. The van der Waals surface area contributed by atoms with E-state index >= 15 is 0 Å². The fraction of sp³-hybridized carbons (Fsp3) is 0.758. The van der Waals surface area contributed by atoms with Crippen molar-refractivity contribution in [2.24, 2.45) is 5.92 Å². The van der Waals surface area contributed by atoms with Gasteiger partial charge in [0.2, 0.25) is 0 Å². The van der Waals surface area contributed by atoms with E-state index < -0.39 is 31.1 Å². The van der Waals surface area contributed by atoms with Crippen molar-refractivity contribution in [1.29, 1.82) is 0 Å². The van der Waals surface area contributed by atoms with Crippen LogP contribution in [-0.2, 0) is 41.7 Å². The molecule has 1 heterocycles. The molecule has 0 amide bonds. The minimum absolute atomic E-state index is 0.0809. The zero-order valence-corrected chi connectivity index (χ0v) is 30.4. The molecule has 0 aromatic heterocycles. The van der Waals surface area contributed by atoms with Crippen LogP contribution in [-0.4, -0.2) is 69.0 Å². The molecule has 0 spiro atoms. The van der Waals surface area contributed by atoms with E-state index in [-0.39, 0.29) is 19.1 Å². The standard InChI is InChI=1S/C33H56BN2O7PS2/c1-3-4-5-6-7-8-9-10-11-12-13-14-18-23-35-32(45)36-24-19-22-28-30(43-44(38,46)39-2)29(42-31(28)34)26-41-33(37)40-25-27-20-16-15-17-21-27/h15-17,20-21,28-31H,3-14,18-19,22-26H2,1-2H3,(H,38,46)(H2,35,36,45)/t28?,29-,30-,31-,44?/m1/s1. The molecular weight excluding hydrogens is 642 g/mol. The van der Waals surface area contributed by atoms with E-state index in [4.69, 9.17) is 55.1 Å². The number of carbonyl (C=O) groups is 1. The van der Waals surface area contributed by atoms with Crippen LogP contribution in [0.1, 0.15) is 109 Å². The Morgan fingerprint density at radius 2 is 1.48 bits per heavy atom. The van der Waals surface area contributed by atoms with Gasteiger partial charge >= 0.3 is 12.9 Å². The van der Waals surface area contributed by atoms with Gasteiger partial charge in [0.15, 0.2) is 5.11 Å². The lowest BCUT2D eigenvalue weighted by molar-refractivity contribution is -0.0272. The fourth-order valence-corrected chi connectivity index (χ4v) is 6.69. The molecule has 2 radical (unpaired) electrons. The van der Waals surface area contributed by atoms with Crippen molar-refractivity contribution in [3.8, 4) is 0 Å². The van der Waals surface area contributed by atoms with Crippen LogP contribution in [0.25, 0.3) is 0 Å². The number of hydrogen-bond acceptors (Lipinski definition) is 8. The first-order chi connectivity index (χ1) is 22.3. The minimum Gasteiger partial charge on any atom is -0.431 e. The molecule has 1 saturated heterocycles. The van der Waals surface area contributed by atoms with Crippen molar-refractivity contribution in [2.45, 2.75) is 128 Å². The predicted molar refractivity (Wildman–Crippen MR) is 192 cm³/mol. The summed E-state index contributed by atoms with van der Waals surface area (Å²) >= 11 is 10.5.